The fourth-order valence-corrected chi connectivity index (χ4v) is 3.18. The van der Waals surface area contributed by atoms with Crippen LogP contribution in [-0.2, 0) is 27.5 Å². The molecule has 1 atom stereocenters. The maximum absolute atomic E-state index is 12.3. The molecule has 2 N–H and O–H groups in total. The van der Waals surface area contributed by atoms with E-state index in [1.165, 1.54) is 6.08 Å². The average Bonchev–Trinajstić information content (AvgIpc) is 3.06. The van der Waals surface area contributed by atoms with Gasteiger partial charge >= 0.3 is 8.25 Å². The molecule has 1 amide bonds. The zero-order valence-electron chi connectivity index (χ0n) is 15.4. The van der Waals surface area contributed by atoms with Crippen molar-refractivity contribution in [1.29, 1.82) is 0 Å². The van der Waals surface area contributed by atoms with Crippen LogP contribution in [0.2, 0.25) is 5.02 Å². The van der Waals surface area contributed by atoms with Crippen LogP contribution in [0.25, 0.3) is 17.3 Å². The molecule has 0 saturated carbocycles. The lowest BCUT2D eigenvalue weighted by atomic mass is 10.1. The summed E-state index contributed by atoms with van der Waals surface area (Å²) in [5.41, 5.74) is 3.86. The van der Waals surface area contributed by atoms with E-state index in [-0.39, 0.29) is 12.5 Å². The normalized spacial score (nSPS) is 11.6. The summed E-state index contributed by atoms with van der Waals surface area (Å²) in [6.45, 7) is 0.0210. The molecule has 29 heavy (non-hydrogen) atoms. The molecule has 0 fully saturated rings. The van der Waals surface area contributed by atoms with Crippen molar-refractivity contribution in [3.05, 3.63) is 77.0 Å². The third kappa shape index (κ3) is 5.82. The highest BCUT2D eigenvalue weighted by Crippen LogP contribution is 2.26. The van der Waals surface area contributed by atoms with E-state index in [9.17, 15) is 9.36 Å². The van der Waals surface area contributed by atoms with Crippen LogP contribution in [0.1, 0.15) is 11.1 Å². The number of nitrogens with zero attached hydrogens (tertiary/aromatic N) is 2. The molecule has 0 aliphatic carbocycles. The second kappa shape index (κ2) is 9.58. The Bertz CT molecular complexity index is 1060. The number of carbonyl (C=O) groups excluding carboxylic acids is 1. The lowest BCUT2D eigenvalue weighted by Crippen LogP contribution is -2.07. The Morgan fingerprint density at radius 3 is 2.76 bits per heavy atom. The molecule has 1 heterocycles. The van der Waals surface area contributed by atoms with Crippen molar-refractivity contribution in [2.75, 3.05) is 5.32 Å². The van der Waals surface area contributed by atoms with E-state index in [4.69, 9.17) is 16.5 Å². The first-order valence-corrected chi connectivity index (χ1v) is 10.1. The van der Waals surface area contributed by atoms with Gasteiger partial charge in [0.15, 0.2) is 0 Å². The molecule has 3 rings (SSSR count). The smallest absolute Gasteiger partial charge is 0.323 e. The minimum atomic E-state index is -2.64. The number of aryl methyl sites for hydroxylation is 1. The number of hydrogen-bond acceptors (Lipinski definition) is 4. The number of aromatic nitrogens is 2. The van der Waals surface area contributed by atoms with Crippen molar-refractivity contribution < 1.29 is 18.8 Å². The van der Waals surface area contributed by atoms with E-state index >= 15 is 0 Å². The zero-order chi connectivity index (χ0) is 20.8. The molecule has 1 unspecified atom stereocenters. The summed E-state index contributed by atoms with van der Waals surface area (Å²) in [6.07, 6.45) is 4.80. The molecule has 7 nitrogen and oxygen atoms in total. The standard InChI is InChI=1S/C20H17ClN3O4P/c1-24-20(15-3-2-4-17(21)11-15)16(12-22-24)7-10-19(25)23-18-8-5-14(6-9-18)13-28-29(26)27/h2-12H,13H2,1H3,(H-,23,25,26,27)/p+1/b10-7+. The fourth-order valence-electron chi connectivity index (χ4n) is 2.73. The van der Waals surface area contributed by atoms with Gasteiger partial charge in [-0.1, -0.05) is 35.9 Å². The van der Waals surface area contributed by atoms with Crippen LogP contribution >= 0.6 is 19.9 Å². The van der Waals surface area contributed by atoms with Gasteiger partial charge in [0.2, 0.25) is 5.91 Å². The molecular formula is C20H18ClN3O4P+. The lowest BCUT2D eigenvalue weighted by Gasteiger charge is -2.05. The van der Waals surface area contributed by atoms with Crippen LogP contribution < -0.4 is 5.32 Å². The highest BCUT2D eigenvalue weighted by atomic mass is 35.5. The van der Waals surface area contributed by atoms with Crippen molar-refractivity contribution in [2.45, 2.75) is 6.61 Å². The fraction of sp³-hybridized carbons (Fsp3) is 0.100. The summed E-state index contributed by atoms with van der Waals surface area (Å²) in [7, 11) is -0.810. The van der Waals surface area contributed by atoms with Crippen LogP contribution in [0, 0.1) is 0 Å². The van der Waals surface area contributed by atoms with E-state index in [0.29, 0.717) is 10.7 Å². The van der Waals surface area contributed by atoms with Crippen molar-refractivity contribution in [2.24, 2.45) is 7.05 Å². The topological polar surface area (TPSA) is 93.5 Å². The third-order valence-corrected chi connectivity index (χ3v) is 4.63. The summed E-state index contributed by atoms with van der Waals surface area (Å²) in [4.78, 5) is 20.9. The number of halogens is 1. The van der Waals surface area contributed by atoms with Crippen molar-refractivity contribution >= 4 is 37.5 Å². The number of nitrogens with one attached hydrogen (secondary N) is 1. The summed E-state index contributed by atoms with van der Waals surface area (Å²) >= 11 is 6.08. The predicted octanol–water partition coefficient (Wildman–Crippen LogP) is 4.56. The highest BCUT2D eigenvalue weighted by Gasteiger charge is 2.12. The van der Waals surface area contributed by atoms with Crippen molar-refractivity contribution in [3.8, 4) is 11.3 Å². The Labute approximate surface area is 173 Å². The van der Waals surface area contributed by atoms with Crippen molar-refractivity contribution in [1.82, 2.24) is 9.78 Å². The van der Waals surface area contributed by atoms with E-state index in [2.05, 4.69) is 14.9 Å². The minimum absolute atomic E-state index is 0.0210. The molecule has 148 valence electrons. The zero-order valence-corrected chi connectivity index (χ0v) is 17.1. The van der Waals surface area contributed by atoms with Gasteiger partial charge in [0, 0.05) is 39.5 Å². The van der Waals surface area contributed by atoms with Gasteiger partial charge < -0.3 is 5.32 Å². The molecule has 1 aromatic heterocycles. The van der Waals surface area contributed by atoms with E-state index in [0.717, 1.165) is 22.4 Å². The number of benzene rings is 2. The number of rotatable bonds is 7. The van der Waals surface area contributed by atoms with E-state index < -0.39 is 8.25 Å². The van der Waals surface area contributed by atoms with Gasteiger partial charge in [-0.15, -0.1) is 9.42 Å². The summed E-state index contributed by atoms with van der Waals surface area (Å²) in [6, 6.07) is 14.2. The summed E-state index contributed by atoms with van der Waals surface area (Å²) in [5.74, 6) is -0.298. The predicted molar refractivity (Wildman–Crippen MR) is 112 cm³/mol. The van der Waals surface area contributed by atoms with Crippen LogP contribution in [0.3, 0.4) is 0 Å². The maximum Gasteiger partial charge on any atom is 0.695 e. The molecule has 9 heteroatoms. The first-order valence-electron chi connectivity index (χ1n) is 8.57. The highest BCUT2D eigenvalue weighted by molar-refractivity contribution is 7.32. The van der Waals surface area contributed by atoms with Gasteiger partial charge in [-0.25, -0.2) is 0 Å². The largest absolute Gasteiger partial charge is 0.695 e. The Hall–Kier alpha value is -2.83. The van der Waals surface area contributed by atoms with Gasteiger partial charge in [-0.2, -0.15) is 5.10 Å². The molecule has 3 aromatic rings. The molecule has 0 radical (unpaired) electrons. The monoisotopic (exact) mass is 430 g/mol. The maximum atomic E-state index is 12.3. The summed E-state index contributed by atoms with van der Waals surface area (Å²) < 4.78 is 16.9. The Morgan fingerprint density at radius 2 is 2.07 bits per heavy atom. The third-order valence-electron chi connectivity index (χ3n) is 4.04. The second-order valence-electron chi connectivity index (χ2n) is 6.11. The Balaban J connectivity index is 1.68. The van der Waals surface area contributed by atoms with E-state index in [1.807, 2.05) is 25.2 Å². The van der Waals surface area contributed by atoms with Gasteiger partial charge in [0.25, 0.3) is 0 Å². The molecule has 0 spiro atoms. The summed E-state index contributed by atoms with van der Waals surface area (Å²) in [5, 5.41) is 7.64. The SMILES string of the molecule is Cn1ncc(/C=C/C(=O)Nc2ccc(CO[P+](=O)O)cc2)c1-c1cccc(Cl)c1. The van der Waals surface area contributed by atoms with E-state index in [1.54, 1.807) is 47.3 Å². The number of hydrogen-bond donors (Lipinski definition) is 2. The first kappa shape index (κ1) is 20.9. The molecule has 2 aromatic carbocycles. The first-order chi connectivity index (χ1) is 13.9. The van der Waals surface area contributed by atoms with Crippen molar-refractivity contribution in [3.63, 3.8) is 0 Å². The molecule has 0 aliphatic heterocycles. The average molecular weight is 431 g/mol. The molecular weight excluding hydrogens is 413 g/mol. The number of amides is 1. The van der Waals surface area contributed by atoms with Gasteiger partial charge in [0.1, 0.15) is 6.61 Å². The second-order valence-corrected chi connectivity index (χ2v) is 7.28. The minimum Gasteiger partial charge on any atom is -0.323 e. The number of anilines is 1. The van der Waals surface area contributed by atoms with Crippen LogP contribution in [0.5, 0.6) is 0 Å². The van der Waals surface area contributed by atoms with Crippen LogP contribution in [-0.4, -0.2) is 20.6 Å². The molecule has 0 aliphatic rings. The van der Waals surface area contributed by atoms with Crippen LogP contribution in [0.4, 0.5) is 5.69 Å². The van der Waals surface area contributed by atoms with Gasteiger partial charge in [0.05, 0.1) is 11.9 Å². The van der Waals surface area contributed by atoms with Gasteiger partial charge in [-0.3, -0.25) is 9.48 Å². The Morgan fingerprint density at radius 1 is 1.31 bits per heavy atom. The van der Waals surface area contributed by atoms with Crippen LogP contribution in [0.15, 0.2) is 60.8 Å². The molecule has 0 bridgehead atoms. The van der Waals surface area contributed by atoms with Gasteiger partial charge in [-0.05, 0) is 35.9 Å². The Kier molecular flexibility index (Phi) is 6.90. The number of carbonyl (C=O) groups is 1. The molecule has 0 saturated heterocycles. The lowest BCUT2D eigenvalue weighted by molar-refractivity contribution is -0.111. The quantitative estimate of drug-likeness (QED) is 0.423.